The maximum Gasteiger partial charge on any atom is 0.276 e. The van der Waals surface area contributed by atoms with Gasteiger partial charge in [0.15, 0.2) is 5.16 Å². The second kappa shape index (κ2) is 8.80. The molecular formula is C24H21N3O3S2. The molecular weight excluding hydrogens is 442 g/mol. The fourth-order valence-corrected chi connectivity index (χ4v) is 5.67. The number of aryl methyl sites for hydroxylation is 1. The van der Waals surface area contributed by atoms with E-state index in [1.807, 2.05) is 41.8 Å². The van der Waals surface area contributed by atoms with E-state index in [2.05, 4.69) is 22.4 Å². The van der Waals surface area contributed by atoms with Gasteiger partial charge >= 0.3 is 0 Å². The zero-order valence-corrected chi connectivity index (χ0v) is 19.0. The van der Waals surface area contributed by atoms with E-state index in [4.69, 9.17) is 4.74 Å². The zero-order valence-electron chi connectivity index (χ0n) is 17.4. The maximum atomic E-state index is 13.3. The highest BCUT2D eigenvalue weighted by Gasteiger charge is 2.24. The minimum Gasteiger partial charge on any atom is -0.495 e. The molecule has 0 fully saturated rings. The fraction of sp³-hybridized carbons (Fsp3) is 0.208. The van der Waals surface area contributed by atoms with Crippen molar-refractivity contribution in [2.24, 2.45) is 0 Å². The van der Waals surface area contributed by atoms with E-state index in [0.29, 0.717) is 26.8 Å². The lowest BCUT2D eigenvalue weighted by Gasteiger charge is -2.16. The van der Waals surface area contributed by atoms with E-state index in [9.17, 15) is 9.59 Å². The van der Waals surface area contributed by atoms with Crippen LogP contribution in [0.3, 0.4) is 0 Å². The number of nitrogens with one attached hydrogen (secondary N) is 1. The Balaban J connectivity index is 1.43. The number of fused-ring (bicyclic) bond motifs is 2. The molecule has 1 atom stereocenters. The van der Waals surface area contributed by atoms with E-state index < -0.39 is 0 Å². The number of aromatic nitrogens is 2. The van der Waals surface area contributed by atoms with Gasteiger partial charge in [0, 0.05) is 0 Å². The normalized spacial score (nSPS) is 15.0. The monoisotopic (exact) mass is 463 g/mol. The second-order valence-corrected chi connectivity index (χ2v) is 9.35. The van der Waals surface area contributed by atoms with E-state index in [-0.39, 0.29) is 23.3 Å². The van der Waals surface area contributed by atoms with Crippen molar-refractivity contribution < 1.29 is 9.53 Å². The molecule has 0 bridgehead atoms. The Labute approximate surface area is 193 Å². The number of para-hydroxylation sites is 2. The number of methoxy groups -OCH3 is 1. The molecule has 2 aromatic carbocycles. The van der Waals surface area contributed by atoms with E-state index in [1.165, 1.54) is 34.2 Å². The first kappa shape index (κ1) is 20.8. The molecule has 1 aliphatic rings. The molecule has 0 saturated heterocycles. The molecule has 0 saturated carbocycles. The molecule has 5 rings (SSSR count). The van der Waals surface area contributed by atoms with Crippen molar-refractivity contribution in [2.45, 2.75) is 24.0 Å². The Kier molecular flexibility index (Phi) is 5.71. The summed E-state index contributed by atoms with van der Waals surface area (Å²) in [4.78, 5) is 30.8. The first-order valence-corrected chi connectivity index (χ1v) is 12.2. The fourth-order valence-electron chi connectivity index (χ4n) is 4.09. The van der Waals surface area contributed by atoms with Gasteiger partial charge in [-0.3, -0.25) is 14.2 Å². The van der Waals surface area contributed by atoms with Gasteiger partial charge in [0.05, 0.1) is 30.1 Å². The van der Waals surface area contributed by atoms with E-state index in [0.717, 1.165) is 12.8 Å². The number of carbonyl (C=O) groups excluding carboxylic acids is 1. The minimum absolute atomic E-state index is 0.0306. The number of thioether (sulfide) groups is 1. The Morgan fingerprint density at radius 3 is 2.91 bits per heavy atom. The van der Waals surface area contributed by atoms with Gasteiger partial charge in [-0.2, -0.15) is 0 Å². The van der Waals surface area contributed by atoms with E-state index in [1.54, 1.807) is 17.7 Å². The summed E-state index contributed by atoms with van der Waals surface area (Å²) in [6.07, 6.45) is 1.87. The molecule has 1 N–H and O–H groups in total. The number of amides is 1. The SMILES string of the molecule is COc1ccccc1-n1c(SCC(=O)N[C@@H]2CCc3ccccc32)nc2ccsc2c1=O. The summed E-state index contributed by atoms with van der Waals surface area (Å²) in [7, 11) is 1.57. The van der Waals surface area contributed by atoms with Crippen LogP contribution in [0, 0.1) is 0 Å². The van der Waals surface area contributed by atoms with Crippen LogP contribution in [0.1, 0.15) is 23.6 Å². The predicted octanol–water partition coefficient (Wildman–Crippen LogP) is 4.35. The van der Waals surface area contributed by atoms with Crippen LogP contribution in [0.25, 0.3) is 15.9 Å². The second-order valence-electron chi connectivity index (χ2n) is 7.49. The van der Waals surface area contributed by atoms with Gasteiger partial charge < -0.3 is 10.1 Å². The quantitative estimate of drug-likeness (QED) is 0.340. The smallest absolute Gasteiger partial charge is 0.276 e. The van der Waals surface area contributed by atoms with Gasteiger partial charge in [0.25, 0.3) is 5.56 Å². The molecule has 8 heteroatoms. The highest BCUT2D eigenvalue weighted by molar-refractivity contribution is 7.99. The van der Waals surface area contributed by atoms with Crippen molar-refractivity contribution in [3.8, 4) is 11.4 Å². The Morgan fingerprint density at radius 2 is 2.03 bits per heavy atom. The lowest BCUT2D eigenvalue weighted by Crippen LogP contribution is -2.29. The van der Waals surface area contributed by atoms with Crippen molar-refractivity contribution >= 4 is 39.2 Å². The number of carbonyl (C=O) groups is 1. The molecule has 4 aromatic rings. The van der Waals surface area contributed by atoms with Crippen LogP contribution in [0.15, 0.2) is 69.9 Å². The zero-order chi connectivity index (χ0) is 22.1. The standard InChI is InChI=1S/C24H21N3O3S2/c1-30-20-9-5-4-8-19(20)27-23(29)22-18(12-13-31-22)26-24(27)32-14-21(28)25-17-11-10-15-6-2-3-7-16(15)17/h2-9,12-13,17H,10-11,14H2,1H3,(H,25,28)/t17-/m1/s1. The van der Waals surface area contributed by atoms with Crippen LogP contribution in [-0.4, -0.2) is 28.3 Å². The van der Waals surface area contributed by atoms with Crippen LogP contribution >= 0.6 is 23.1 Å². The topological polar surface area (TPSA) is 73.2 Å². The van der Waals surface area contributed by atoms with Crippen LogP contribution in [0.5, 0.6) is 5.75 Å². The summed E-state index contributed by atoms with van der Waals surface area (Å²) in [5, 5.41) is 5.45. The minimum atomic E-state index is -0.165. The molecule has 162 valence electrons. The van der Waals surface area contributed by atoms with Crippen molar-refractivity contribution in [3.05, 3.63) is 81.5 Å². The average Bonchev–Trinajstić information content (AvgIpc) is 3.45. The summed E-state index contributed by atoms with van der Waals surface area (Å²) in [5.74, 6) is 0.653. The maximum absolute atomic E-state index is 13.3. The lowest BCUT2D eigenvalue weighted by atomic mass is 10.1. The molecule has 1 amide bonds. The number of ether oxygens (including phenoxy) is 1. The number of rotatable bonds is 6. The van der Waals surface area contributed by atoms with Crippen LogP contribution in [-0.2, 0) is 11.2 Å². The highest BCUT2D eigenvalue weighted by Crippen LogP contribution is 2.31. The van der Waals surface area contributed by atoms with Crippen molar-refractivity contribution in [3.63, 3.8) is 0 Å². The highest BCUT2D eigenvalue weighted by atomic mass is 32.2. The molecule has 0 unspecified atom stereocenters. The van der Waals surface area contributed by atoms with Gasteiger partial charge in [0.1, 0.15) is 10.4 Å². The third-order valence-corrected chi connectivity index (χ3v) is 7.41. The first-order valence-electron chi connectivity index (χ1n) is 10.3. The third kappa shape index (κ3) is 3.80. The molecule has 32 heavy (non-hydrogen) atoms. The van der Waals surface area contributed by atoms with Crippen LogP contribution in [0.4, 0.5) is 0 Å². The summed E-state index contributed by atoms with van der Waals surface area (Å²) in [6, 6.07) is 17.4. The van der Waals surface area contributed by atoms with Gasteiger partial charge in [0.2, 0.25) is 5.91 Å². The summed E-state index contributed by atoms with van der Waals surface area (Å²) in [5.41, 5.74) is 3.56. The van der Waals surface area contributed by atoms with Crippen LogP contribution < -0.4 is 15.6 Å². The third-order valence-electron chi connectivity index (χ3n) is 5.58. The molecule has 6 nitrogen and oxygen atoms in total. The molecule has 2 aromatic heterocycles. The Bertz CT molecular complexity index is 1360. The average molecular weight is 464 g/mol. The molecule has 2 heterocycles. The number of hydrogen-bond donors (Lipinski definition) is 1. The molecule has 0 spiro atoms. The van der Waals surface area contributed by atoms with Gasteiger partial charge in [-0.25, -0.2) is 4.98 Å². The summed E-state index contributed by atoms with van der Waals surface area (Å²) >= 11 is 2.61. The number of thiophene rings is 1. The molecule has 0 aliphatic heterocycles. The van der Waals surface area contributed by atoms with Crippen LogP contribution in [0.2, 0.25) is 0 Å². The number of hydrogen-bond acceptors (Lipinski definition) is 6. The predicted molar refractivity (Wildman–Crippen MR) is 128 cm³/mol. The molecule has 0 radical (unpaired) electrons. The number of nitrogens with zero attached hydrogens (tertiary/aromatic N) is 2. The van der Waals surface area contributed by atoms with Crippen molar-refractivity contribution in [2.75, 3.05) is 12.9 Å². The number of benzene rings is 2. The van der Waals surface area contributed by atoms with Gasteiger partial charge in [-0.15, -0.1) is 11.3 Å². The lowest BCUT2D eigenvalue weighted by molar-refractivity contribution is -0.119. The van der Waals surface area contributed by atoms with Gasteiger partial charge in [-0.1, -0.05) is 48.2 Å². The van der Waals surface area contributed by atoms with Gasteiger partial charge in [-0.05, 0) is 47.5 Å². The Hall–Kier alpha value is -3.10. The summed E-state index contributed by atoms with van der Waals surface area (Å²) in [6.45, 7) is 0. The first-order chi connectivity index (χ1) is 15.7. The van der Waals surface area contributed by atoms with Crippen molar-refractivity contribution in [1.29, 1.82) is 0 Å². The van der Waals surface area contributed by atoms with Crippen molar-refractivity contribution in [1.82, 2.24) is 14.9 Å². The molecule has 1 aliphatic carbocycles. The Morgan fingerprint density at radius 1 is 1.22 bits per heavy atom. The largest absolute Gasteiger partial charge is 0.495 e. The van der Waals surface area contributed by atoms with E-state index >= 15 is 0 Å². The summed E-state index contributed by atoms with van der Waals surface area (Å²) < 4.78 is 7.60.